The Balaban J connectivity index is 2.06. The number of ketones is 1. The van der Waals surface area contributed by atoms with E-state index in [1.54, 1.807) is 0 Å². The molecule has 0 radical (unpaired) electrons. The van der Waals surface area contributed by atoms with Crippen LogP contribution in [0.2, 0.25) is 0 Å². The van der Waals surface area contributed by atoms with Gasteiger partial charge in [0.1, 0.15) is 5.69 Å². The molecule has 138 valence electrons. The van der Waals surface area contributed by atoms with Crippen LogP contribution in [0.5, 0.6) is 0 Å². The molecule has 0 spiro atoms. The Hall–Kier alpha value is -2.42. The number of benzene rings is 1. The highest BCUT2D eigenvalue weighted by atomic mass is 32.2. The standard InChI is InChI=1S/C17H14F3NO4S/c1-26(25)13-8-12-11(16(23)24)6-7-21(12)14(13)15(22)9-2-4-10(5-3-9)17(18,19)20/h2-5,8,11H,6-7H2,1H3,(H,23,24). The van der Waals surface area contributed by atoms with E-state index in [4.69, 9.17) is 0 Å². The Labute approximate surface area is 148 Å². The van der Waals surface area contributed by atoms with E-state index in [0.717, 1.165) is 24.3 Å². The number of hydrogen-bond acceptors (Lipinski definition) is 3. The van der Waals surface area contributed by atoms with E-state index < -0.39 is 40.2 Å². The maximum absolute atomic E-state index is 12.8. The zero-order valence-corrected chi connectivity index (χ0v) is 14.4. The Morgan fingerprint density at radius 2 is 1.85 bits per heavy atom. The number of carboxylic acids is 1. The van der Waals surface area contributed by atoms with E-state index in [-0.39, 0.29) is 22.7 Å². The summed E-state index contributed by atoms with van der Waals surface area (Å²) in [6.45, 7) is 0.269. The van der Waals surface area contributed by atoms with Gasteiger partial charge < -0.3 is 9.67 Å². The van der Waals surface area contributed by atoms with Crippen LogP contribution in [0.4, 0.5) is 13.2 Å². The summed E-state index contributed by atoms with van der Waals surface area (Å²) in [5.41, 5.74) is -0.397. The first-order chi connectivity index (χ1) is 12.1. The van der Waals surface area contributed by atoms with Gasteiger partial charge in [0, 0.05) is 24.1 Å². The van der Waals surface area contributed by atoms with Crippen molar-refractivity contribution >= 4 is 22.6 Å². The third-order valence-corrected chi connectivity index (χ3v) is 5.32. The predicted molar refractivity (Wildman–Crippen MR) is 86.6 cm³/mol. The number of aromatic nitrogens is 1. The van der Waals surface area contributed by atoms with Gasteiger partial charge in [0.05, 0.1) is 27.2 Å². The van der Waals surface area contributed by atoms with E-state index in [0.29, 0.717) is 12.1 Å². The van der Waals surface area contributed by atoms with Gasteiger partial charge in [-0.2, -0.15) is 13.2 Å². The molecule has 0 bridgehead atoms. The van der Waals surface area contributed by atoms with Crippen LogP contribution in [0.15, 0.2) is 35.2 Å². The van der Waals surface area contributed by atoms with Crippen molar-refractivity contribution in [2.75, 3.05) is 6.26 Å². The topological polar surface area (TPSA) is 76.4 Å². The molecule has 2 aromatic rings. The molecule has 2 heterocycles. The first kappa shape index (κ1) is 18.4. The van der Waals surface area contributed by atoms with Crippen LogP contribution < -0.4 is 0 Å². The van der Waals surface area contributed by atoms with E-state index in [2.05, 4.69) is 0 Å². The lowest BCUT2D eigenvalue weighted by Gasteiger charge is -2.10. The lowest BCUT2D eigenvalue weighted by Crippen LogP contribution is -2.13. The van der Waals surface area contributed by atoms with E-state index >= 15 is 0 Å². The third kappa shape index (κ3) is 3.07. The summed E-state index contributed by atoms with van der Waals surface area (Å²) in [5, 5.41) is 9.28. The second-order valence-corrected chi connectivity index (χ2v) is 7.32. The lowest BCUT2D eigenvalue weighted by molar-refractivity contribution is -0.139. The molecule has 26 heavy (non-hydrogen) atoms. The molecular weight excluding hydrogens is 371 g/mol. The second kappa shape index (κ2) is 6.39. The molecule has 1 aliphatic rings. The quantitative estimate of drug-likeness (QED) is 0.821. The van der Waals surface area contributed by atoms with Gasteiger partial charge >= 0.3 is 12.1 Å². The van der Waals surface area contributed by atoms with Crippen LogP contribution >= 0.6 is 0 Å². The largest absolute Gasteiger partial charge is 0.481 e. The molecule has 0 amide bonds. The average Bonchev–Trinajstić information content (AvgIpc) is 3.12. The van der Waals surface area contributed by atoms with Crippen LogP contribution in [-0.4, -0.2) is 31.9 Å². The highest BCUT2D eigenvalue weighted by Crippen LogP contribution is 2.35. The number of nitrogens with zero attached hydrogens (tertiary/aromatic N) is 1. The van der Waals surface area contributed by atoms with Gasteiger partial charge in [-0.3, -0.25) is 13.8 Å². The SMILES string of the molecule is CS(=O)c1cc2n(c1C(=O)c1ccc(C(F)(F)F)cc1)CCC2C(=O)O. The first-order valence-electron chi connectivity index (χ1n) is 7.63. The molecule has 0 aliphatic carbocycles. The number of rotatable bonds is 4. The smallest absolute Gasteiger partial charge is 0.416 e. The number of carbonyl (C=O) groups is 2. The second-order valence-electron chi connectivity index (χ2n) is 5.97. The minimum atomic E-state index is -4.51. The van der Waals surface area contributed by atoms with Gasteiger partial charge in [0.25, 0.3) is 0 Å². The summed E-state index contributed by atoms with van der Waals surface area (Å²) in [7, 11) is -1.55. The highest BCUT2D eigenvalue weighted by molar-refractivity contribution is 7.84. The molecule has 2 unspecified atom stereocenters. The number of halogens is 3. The summed E-state index contributed by atoms with van der Waals surface area (Å²) in [6, 6.07) is 5.20. The number of hydrogen-bond donors (Lipinski definition) is 1. The summed E-state index contributed by atoms with van der Waals surface area (Å²) in [4.78, 5) is 24.4. The molecule has 0 fully saturated rings. The van der Waals surface area contributed by atoms with E-state index in [9.17, 15) is 32.1 Å². The molecule has 2 atom stereocenters. The average molecular weight is 385 g/mol. The highest BCUT2D eigenvalue weighted by Gasteiger charge is 2.35. The van der Waals surface area contributed by atoms with Crippen LogP contribution in [0.3, 0.4) is 0 Å². The third-order valence-electron chi connectivity index (χ3n) is 4.39. The van der Waals surface area contributed by atoms with Crippen LogP contribution in [0.1, 0.15) is 39.6 Å². The molecule has 9 heteroatoms. The van der Waals surface area contributed by atoms with Crippen molar-refractivity contribution in [3.63, 3.8) is 0 Å². The minimum absolute atomic E-state index is 0.0179. The fourth-order valence-corrected chi connectivity index (χ4v) is 3.89. The van der Waals surface area contributed by atoms with Gasteiger partial charge in [-0.1, -0.05) is 12.1 Å². The molecule has 0 saturated heterocycles. The van der Waals surface area contributed by atoms with Crippen LogP contribution in [0.25, 0.3) is 0 Å². The Bertz CT molecular complexity index is 915. The first-order valence-corrected chi connectivity index (χ1v) is 9.18. The summed E-state index contributed by atoms with van der Waals surface area (Å²) in [5.74, 6) is -2.42. The summed E-state index contributed by atoms with van der Waals surface area (Å²) >= 11 is 0. The van der Waals surface area contributed by atoms with Gasteiger partial charge in [0.2, 0.25) is 5.78 Å². The molecule has 1 aliphatic heterocycles. The molecule has 3 rings (SSSR count). The fourth-order valence-electron chi connectivity index (χ4n) is 3.13. The molecule has 5 nitrogen and oxygen atoms in total. The number of carboxylic acid groups (broad SMARTS) is 1. The maximum atomic E-state index is 12.8. The molecule has 1 aromatic heterocycles. The van der Waals surface area contributed by atoms with Gasteiger partial charge in [-0.25, -0.2) is 0 Å². The summed E-state index contributed by atoms with van der Waals surface area (Å²) in [6.07, 6.45) is -2.85. The van der Waals surface area contributed by atoms with Crippen LogP contribution in [-0.2, 0) is 28.3 Å². The number of aliphatic carboxylic acids is 1. The zero-order valence-electron chi connectivity index (χ0n) is 13.5. The molecule has 0 saturated carbocycles. The molecular formula is C17H14F3NO4S. The summed E-state index contributed by atoms with van der Waals surface area (Å²) < 4.78 is 51.6. The van der Waals surface area contributed by atoms with Crippen LogP contribution in [0, 0.1) is 0 Å². The van der Waals surface area contributed by atoms with Crippen molar-refractivity contribution in [2.24, 2.45) is 0 Å². The molecule has 1 N–H and O–H groups in total. The van der Waals surface area contributed by atoms with E-state index in [1.165, 1.54) is 16.9 Å². The Morgan fingerprint density at radius 1 is 1.23 bits per heavy atom. The Morgan fingerprint density at radius 3 is 2.35 bits per heavy atom. The fraction of sp³-hybridized carbons (Fsp3) is 0.294. The molecule has 1 aromatic carbocycles. The minimum Gasteiger partial charge on any atom is -0.481 e. The number of fused-ring (bicyclic) bond motifs is 1. The van der Waals surface area contributed by atoms with Crippen molar-refractivity contribution in [2.45, 2.75) is 30.0 Å². The number of carbonyl (C=O) groups excluding carboxylic acids is 1. The van der Waals surface area contributed by atoms with Crippen molar-refractivity contribution < 1.29 is 32.1 Å². The normalized spacial score (nSPS) is 17.8. The van der Waals surface area contributed by atoms with Crippen molar-refractivity contribution in [1.29, 1.82) is 0 Å². The maximum Gasteiger partial charge on any atom is 0.416 e. The van der Waals surface area contributed by atoms with Gasteiger partial charge in [-0.15, -0.1) is 0 Å². The predicted octanol–water partition coefficient (Wildman–Crippen LogP) is 3.05. The van der Waals surface area contributed by atoms with E-state index in [1.807, 2.05) is 0 Å². The van der Waals surface area contributed by atoms with Crippen molar-refractivity contribution in [3.05, 3.63) is 52.8 Å². The van der Waals surface area contributed by atoms with Crippen molar-refractivity contribution in [3.8, 4) is 0 Å². The Kier molecular flexibility index (Phi) is 4.51. The van der Waals surface area contributed by atoms with Crippen molar-refractivity contribution in [1.82, 2.24) is 4.57 Å². The van der Waals surface area contributed by atoms with Gasteiger partial charge in [0.15, 0.2) is 0 Å². The van der Waals surface area contributed by atoms with Gasteiger partial charge in [-0.05, 0) is 24.6 Å². The monoisotopic (exact) mass is 385 g/mol. The number of alkyl halides is 3. The lowest BCUT2D eigenvalue weighted by atomic mass is 10.0. The zero-order chi connectivity index (χ0) is 19.2.